The summed E-state index contributed by atoms with van der Waals surface area (Å²) in [6.07, 6.45) is 4.02. The van der Waals surface area contributed by atoms with E-state index in [1.54, 1.807) is 7.11 Å². The van der Waals surface area contributed by atoms with Crippen molar-refractivity contribution in [1.29, 1.82) is 0 Å². The smallest absolute Gasteiger partial charge is 0.127 e. The van der Waals surface area contributed by atoms with Gasteiger partial charge in [0, 0.05) is 24.3 Å². The molecule has 1 unspecified atom stereocenters. The summed E-state index contributed by atoms with van der Waals surface area (Å²) < 4.78 is 11.2. The summed E-state index contributed by atoms with van der Waals surface area (Å²) in [4.78, 5) is 0. The Balaban J connectivity index is 2.59. The average molecular weight is 295 g/mol. The lowest BCUT2D eigenvalue weighted by Gasteiger charge is -2.18. The quantitative estimate of drug-likeness (QED) is 0.615. The van der Waals surface area contributed by atoms with Crippen molar-refractivity contribution in [2.24, 2.45) is 0 Å². The van der Waals surface area contributed by atoms with Gasteiger partial charge in [-0.25, -0.2) is 0 Å². The van der Waals surface area contributed by atoms with Crippen LogP contribution in [0.3, 0.4) is 0 Å². The van der Waals surface area contributed by atoms with E-state index in [0.29, 0.717) is 6.61 Å². The molecule has 0 saturated heterocycles. The maximum atomic E-state index is 8.75. The van der Waals surface area contributed by atoms with Crippen molar-refractivity contribution in [2.45, 2.75) is 45.6 Å². The Hall–Kier alpha value is -1.26. The number of nitrogens with one attached hydrogen (secondary N) is 1. The van der Waals surface area contributed by atoms with Gasteiger partial charge in [0.2, 0.25) is 0 Å². The lowest BCUT2D eigenvalue weighted by atomic mass is 10.1. The fourth-order valence-electron chi connectivity index (χ4n) is 2.29. The number of hydrogen-bond donors (Lipinski definition) is 2. The average Bonchev–Trinajstić information content (AvgIpc) is 2.50. The van der Waals surface area contributed by atoms with E-state index in [4.69, 9.17) is 14.6 Å². The van der Waals surface area contributed by atoms with Crippen LogP contribution in [0, 0.1) is 0 Å². The van der Waals surface area contributed by atoms with Crippen LogP contribution in [0.15, 0.2) is 18.2 Å². The molecule has 1 aromatic carbocycles. The molecule has 4 nitrogen and oxygen atoms in total. The van der Waals surface area contributed by atoms with Gasteiger partial charge >= 0.3 is 0 Å². The molecule has 0 aliphatic rings. The van der Waals surface area contributed by atoms with Crippen molar-refractivity contribution in [3.8, 4) is 11.5 Å². The lowest BCUT2D eigenvalue weighted by Crippen LogP contribution is -2.18. The molecular weight excluding hydrogens is 266 g/mol. The minimum absolute atomic E-state index is 0.255. The van der Waals surface area contributed by atoms with Crippen LogP contribution in [-0.4, -0.2) is 32.0 Å². The molecule has 0 radical (unpaired) electrons. The third kappa shape index (κ3) is 6.36. The number of ether oxygens (including phenoxy) is 2. The van der Waals surface area contributed by atoms with Crippen molar-refractivity contribution in [3.05, 3.63) is 23.8 Å². The number of benzene rings is 1. The molecule has 0 amide bonds. The van der Waals surface area contributed by atoms with Crippen LogP contribution in [0.25, 0.3) is 0 Å². The van der Waals surface area contributed by atoms with E-state index in [1.807, 2.05) is 12.1 Å². The second-order valence-electron chi connectivity index (χ2n) is 5.17. The van der Waals surface area contributed by atoms with E-state index in [0.717, 1.165) is 49.3 Å². The van der Waals surface area contributed by atoms with Gasteiger partial charge in [-0.05, 0) is 38.8 Å². The highest BCUT2D eigenvalue weighted by atomic mass is 16.5. The molecule has 1 aromatic rings. The van der Waals surface area contributed by atoms with Crippen molar-refractivity contribution < 1.29 is 14.6 Å². The van der Waals surface area contributed by atoms with Crippen molar-refractivity contribution in [3.63, 3.8) is 0 Å². The van der Waals surface area contributed by atoms with Crippen LogP contribution < -0.4 is 14.8 Å². The maximum absolute atomic E-state index is 8.75. The molecule has 0 bridgehead atoms. The zero-order valence-corrected chi connectivity index (χ0v) is 13.5. The molecule has 120 valence electrons. The number of aliphatic hydroxyl groups is 1. The first-order chi connectivity index (χ1) is 10.2. The number of rotatable bonds is 11. The topological polar surface area (TPSA) is 50.7 Å². The van der Waals surface area contributed by atoms with Crippen LogP contribution in [0.5, 0.6) is 11.5 Å². The first-order valence-electron chi connectivity index (χ1n) is 7.87. The van der Waals surface area contributed by atoms with Gasteiger partial charge in [0.25, 0.3) is 0 Å². The van der Waals surface area contributed by atoms with E-state index >= 15 is 0 Å². The molecule has 4 heteroatoms. The second kappa shape index (κ2) is 10.5. The molecular formula is C17H29NO3. The first-order valence-corrected chi connectivity index (χ1v) is 7.87. The first kappa shape index (κ1) is 17.8. The zero-order chi connectivity index (χ0) is 15.5. The van der Waals surface area contributed by atoms with Gasteiger partial charge < -0.3 is 19.9 Å². The minimum atomic E-state index is 0.255. The van der Waals surface area contributed by atoms with Crippen LogP contribution in [0.4, 0.5) is 0 Å². The van der Waals surface area contributed by atoms with Crippen LogP contribution >= 0.6 is 0 Å². The maximum Gasteiger partial charge on any atom is 0.127 e. The Morgan fingerprint density at radius 2 is 1.95 bits per heavy atom. The third-order valence-electron chi connectivity index (χ3n) is 3.51. The van der Waals surface area contributed by atoms with Gasteiger partial charge in [-0.15, -0.1) is 0 Å². The Labute approximate surface area is 128 Å². The summed E-state index contributed by atoms with van der Waals surface area (Å²) in [6, 6.07) is 6.24. The normalized spacial score (nSPS) is 12.2. The summed E-state index contributed by atoms with van der Waals surface area (Å²) in [5.41, 5.74) is 1.16. The Bertz CT molecular complexity index is 396. The van der Waals surface area contributed by atoms with Gasteiger partial charge in [0.1, 0.15) is 11.5 Å². The number of unbranched alkanes of at least 4 members (excludes halogenated alkanes) is 3. The summed E-state index contributed by atoms with van der Waals surface area (Å²) in [5.74, 6) is 1.71. The molecule has 21 heavy (non-hydrogen) atoms. The molecule has 1 rings (SSSR count). The standard InChI is InChI=1S/C17H29NO3/c1-4-18-14(2)16-10-9-15(20-3)13-17(16)21-12-8-6-5-7-11-19/h9-10,13-14,18-19H,4-8,11-12H2,1-3H3. The molecule has 0 fully saturated rings. The predicted octanol–water partition coefficient (Wildman–Crippen LogP) is 3.30. The number of hydrogen-bond acceptors (Lipinski definition) is 4. The Morgan fingerprint density at radius 3 is 2.62 bits per heavy atom. The number of aliphatic hydroxyl groups excluding tert-OH is 1. The molecule has 0 aliphatic carbocycles. The molecule has 1 atom stereocenters. The van der Waals surface area contributed by atoms with Crippen LogP contribution in [-0.2, 0) is 0 Å². The van der Waals surface area contributed by atoms with Gasteiger partial charge in [-0.1, -0.05) is 19.4 Å². The Kier molecular flexibility index (Phi) is 8.87. The van der Waals surface area contributed by atoms with Crippen molar-refractivity contribution in [2.75, 3.05) is 26.9 Å². The number of methoxy groups -OCH3 is 1. The summed E-state index contributed by atoms with van der Waals surface area (Å²) in [7, 11) is 1.67. The molecule has 0 aliphatic heterocycles. The lowest BCUT2D eigenvalue weighted by molar-refractivity contribution is 0.271. The summed E-state index contributed by atoms with van der Waals surface area (Å²) in [5, 5.41) is 12.2. The van der Waals surface area contributed by atoms with Gasteiger partial charge in [0.15, 0.2) is 0 Å². The summed E-state index contributed by atoms with van der Waals surface area (Å²) in [6.45, 7) is 6.14. The fourth-order valence-corrected chi connectivity index (χ4v) is 2.29. The van der Waals surface area contributed by atoms with E-state index in [9.17, 15) is 0 Å². The highest BCUT2D eigenvalue weighted by Gasteiger charge is 2.12. The van der Waals surface area contributed by atoms with Crippen LogP contribution in [0.1, 0.15) is 51.1 Å². The second-order valence-corrected chi connectivity index (χ2v) is 5.17. The molecule has 0 heterocycles. The highest BCUT2D eigenvalue weighted by molar-refractivity contribution is 5.42. The predicted molar refractivity (Wildman–Crippen MR) is 86.1 cm³/mol. The fraction of sp³-hybridized carbons (Fsp3) is 0.647. The van der Waals surface area contributed by atoms with E-state index < -0.39 is 0 Å². The summed E-state index contributed by atoms with van der Waals surface area (Å²) >= 11 is 0. The molecule has 0 saturated carbocycles. The molecule has 2 N–H and O–H groups in total. The highest BCUT2D eigenvalue weighted by Crippen LogP contribution is 2.29. The van der Waals surface area contributed by atoms with E-state index in [2.05, 4.69) is 25.2 Å². The monoisotopic (exact) mass is 295 g/mol. The van der Waals surface area contributed by atoms with Gasteiger partial charge in [0.05, 0.1) is 13.7 Å². The molecule has 0 spiro atoms. The SMILES string of the molecule is CCNC(C)c1ccc(OC)cc1OCCCCCCO. The largest absolute Gasteiger partial charge is 0.497 e. The zero-order valence-electron chi connectivity index (χ0n) is 13.5. The van der Waals surface area contributed by atoms with E-state index in [-0.39, 0.29) is 12.6 Å². The van der Waals surface area contributed by atoms with E-state index in [1.165, 1.54) is 0 Å². The van der Waals surface area contributed by atoms with Gasteiger partial charge in [-0.2, -0.15) is 0 Å². The van der Waals surface area contributed by atoms with Gasteiger partial charge in [-0.3, -0.25) is 0 Å². The van der Waals surface area contributed by atoms with Crippen molar-refractivity contribution >= 4 is 0 Å². The van der Waals surface area contributed by atoms with Crippen molar-refractivity contribution in [1.82, 2.24) is 5.32 Å². The third-order valence-corrected chi connectivity index (χ3v) is 3.51. The van der Waals surface area contributed by atoms with Crippen LogP contribution in [0.2, 0.25) is 0 Å². The Morgan fingerprint density at radius 1 is 1.19 bits per heavy atom. The molecule has 0 aromatic heterocycles. The minimum Gasteiger partial charge on any atom is -0.497 e.